The first kappa shape index (κ1) is 37.2. The summed E-state index contributed by atoms with van der Waals surface area (Å²) >= 11 is 4.71. The Morgan fingerprint density at radius 2 is 1.68 bits per heavy atom. The second-order valence-electron chi connectivity index (χ2n) is 23.1. The summed E-state index contributed by atoms with van der Waals surface area (Å²) in [6.45, 7) is 16.5. The molecule has 10 atom stereocenters. The van der Waals surface area contributed by atoms with E-state index in [-0.39, 0.29) is 5.54 Å². The minimum absolute atomic E-state index is 0.214. The van der Waals surface area contributed by atoms with Crippen LogP contribution in [0.1, 0.15) is 161 Å². The van der Waals surface area contributed by atoms with Gasteiger partial charge in [-0.1, -0.05) is 114 Å². The second-order valence-corrected chi connectivity index (χ2v) is 25.6. The molecule has 4 aliphatic heterocycles. The van der Waals surface area contributed by atoms with Crippen LogP contribution in [0.15, 0.2) is 41.0 Å². The van der Waals surface area contributed by atoms with Crippen LogP contribution in [0.5, 0.6) is 0 Å². The van der Waals surface area contributed by atoms with Crippen molar-refractivity contribution in [3.05, 3.63) is 61.2 Å². The number of aryl methyl sites for hydroxylation is 1. The summed E-state index contributed by atoms with van der Waals surface area (Å²) < 4.78 is 1.69. The molecule has 0 aromatic carbocycles. The summed E-state index contributed by atoms with van der Waals surface area (Å²) in [6, 6.07) is 1.94. The third kappa shape index (κ3) is 5.21. The van der Waals surface area contributed by atoms with Crippen LogP contribution >= 0.6 is 23.1 Å². The Hall–Kier alpha value is -1.59. The van der Waals surface area contributed by atoms with E-state index in [9.17, 15) is 0 Å². The van der Waals surface area contributed by atoms with Crippen LogP contribution in [0.4, 0.5) is 0 Å². The molecule has 57 heavy (non-hydrogen) atoms. The molecule has 10 unspecified atom stereocenters. The minimum Gasteiger partial charge on any atom is -0.367 e. The van der Waals surface area contributed by atoms with Gasteiger partial charge >= 0.3 is 0 Å². The number of hydrogen-bond donors (Lipinski definition) is 0. The van der Waals surface area contributed by atoms with Crippen molar-refractivity contribution in [2.75, 3.05) is 0 Å². The van der Waals surface area contributed by atoms with Gasteiger partial charge in [0.15, 0.2) is 0 Å². The molecule has 0 bridgehead atoms. The Kier molecular flexibility index (Phi) is 8.62. The molecule has 5 heteroatoms. The van der Waals surface area contributed by atoms with Crippen LogP contribution in [0.3, 0.4) is 0 Å². The SMILES string of the molecule is CC1CC2C3B(C4=C5C(CC(C6CCCCC6)=C4)C4(CCCCC4)C(C)(C)N5C3C1)C1SC3C=CC(C(C)(C)C)CC3C1N2C1=c2sc3c(c2=CCC1)C=CCC3. The molecule has 2 nitrogen and oxygen atoms in total. The lowest BCUT2D eigenvalue weighted by molar-refractivity contribution is -0.0248. The van der Waals surface area contributed by atoms with Crippen LogP contribution < -0.4 is 9.75 Å². The zero-order valence-electron chi connectivity index (χ0n) is 36.3. The predicted octanol–water partition coefficient (Wildman–Crippen LogP) is 11.7. The van der Waals surface area contributed by atoms with Gasteiger partial charge in [0.05, 0.1) is 4.53 Å². The van der Waals surface area contributed by atoms with Crippen molar-refractivity contribution in [1.82, 2.24) is 9.80 Å². The van der Waals surface area contributed by atoms with Crippen molar-refractivity contribution in [1.29, 1.82) is 0 Å². The molecule has 3 saturated heterocycles. The highest BCUT2D eigenvalue weighted by molar-refractivity contribution is 8.02. The fraction of sp³-hybridized carbons (Fsp3) is 0.731. The zero-order valence-corrected chi connectivity index (χ0v) is 38.0. The quantitative estimate of drug-likeness (QED) is 0.217. The van der Waals surface area contributed by atoms with Crippen molar-refractivity contribution in [3.8, 4) is 0 Å². The van der Waals surface area contributed by atoms with Crippen LogP contribution in [-0.4, -0.2) is 50.6 Å². The van der Waals surface area contributed by atoms with Crippen LogP contribution in [0.25, 0.3) is 17.8 Å². The van der Waals surface area contributed by atoms with E-state index < -0.39 is 0 Å². The number of hydrogen-bond acceptors (Lipinski definition) is 4. The molecule has 5 heterocycles. The van der Waals surface area contributed by atoms with Crippen molar-refractivity contribution < 1.29 is 0 Å². The van der Waals surface area contributed by atoms with E-state index in [0.717, 1.165) is 23.7 Å². The summed E-state index contributed by atoms with van der Waals surface area (Å²) in [5, 5.41) is 2.95. The maximum atomic E-state index is 3.33. The van der Waals surface area contributed by atoms with Gasteiger partial charge in [0.2, 0.25) is 6.71 Å². The van der Waals surface area contributed by atoms with Gasteiger partial charge in [-0.3, -0.25) is 0 Å². The predicted molar refractivity (Wildman–Crippen MR) is 246 cm³/mol. The molecule has 0 N–H and O–H groups in total. The van der Waals surface area contributed by atoms with Gasteiger partial charge in [-0.05, 0) is 137 Å². The number of allylic oxidation sites excluding steroid dienone is 6. The maximum Gasteiger partial charge on any atom is 0.201 e. The van der Waals surface area contributed by atoms with E-state index in [0.29, 0.717) is 57.8 Å². The molecule has 7 aliphatic carbocycles. The average Bonchev–Trinajstić information content (AvgIpc) is 3.84. The van der Waals surface area contributed by atoms with Crippen LogP contribution in [-0.2, 0) is 6.42 Å². The molecule has 12 rings (SSSR count). The molecular weight excluding hydrogens is 728 g/mol. The van der Waals surface area contributed by atoms with Gasteiger partial charge in [0.25, 0.3) is 0 Å². The summed E-state index contributed by atoms with van der Waals surface area (Å²) in [6.07, 6.45) is 41.1. The largest absolute Gasteiger partial charge is 0.367 e. The topological polar surface area (TPSA) is 6.48 Å². The number of thioether (sulfide) groups is 1. The van der Waals surface area contributed by atoms with E-state index in [1.807, 2.05) is 16.7 Å². The third-order valence-electron chi connectivity index (χ3n) is 19.2. The number of rotatable bonds is 2. The van der Waals surface area contributed by atoms with E-state index in [1.54, 1.807) is 25.9 Å². The summed E-state index contributed by atoms with van der Waals surface area (Å²) in [5.74, 6) is 4.46. The van der Waals surface area contributed by atoms with Crippen molar-refractivity contribution >= 4 is 47.7 Å². The van der Waals surface area contributed by atoms with Gasteiger partial charge < -0.3 is 9.80 Å². The van der Waals surface area contributed by atoms with E-state index in [4.69, 9.17) is 0 Å². The molecule has 304 valence electrons. The second kappa shape index (κ2) is 13.2. The lowest BCUT2D eigenvalue weighted by atomic mass is 9.25. The molecule has 0 amide bonds. The first-order chi connectivity index (χ1) is 27.5. The first-order valence-corrected chi connectivity index (χ1v) is 26.2. The normalized spacial score (nSPS) is 39.9. The number of thiophene rings is 1. The molecule has 0 radical (unpaired) electrons. The van der Waals surface area contributed by atoms with Gasteiger partial charge in [0, 0.05) is 61.7 Å². The summed E-state index contributed by atoms with van der Waals surface area (Å²) in [5.41, 5.74) is 10.1. The monoisotopic (exact) mass is 799 g/mol. The Morgan fingerprint density at radius 3 is 2.49 bits per heavy atom. The molecular formula is C52H71BN2S2. The van der Waals surface area contributed by atoms with Crippen LogP contribution in [0.2, 0.25) is 5.82 Å². The fourth-order valence-electron chi connectivity index (χ4n) is 16.7. The fourth-order valence-corrected chi connectivity index (χ4v) is 20.1. The van der Waals surface area contributed by atoms with Crippen molar-refractivity contribution in [3.63, 3.8) is 0 Å². The van der Waals surface area contributed by atoms with Gasteiger partial charge in [-0.25, -0.2) is 0 Å². The molecule has 1 spiro atoms. The first-order valence-electron chi connectivity index (χ1n) is 24.4. The highest BCUT2D eigenvalue weighted by Crippen LogP contribution is 2.71. The molecule has 6 fully saturated rings. The summed E-state index contributed by atoms with van der Waals surface area (Å²) in [4.78, 5) is 8.29. The maximum absolute atomic E-state index is 3.33. The van der Waals surface area contributed by atoms with Gasteiger partial charge in [-0.2, -0.15) is 11.8 Å². The van der Waals surface area contributed by atoms with E-state index in [1.165, 1.54) is 116 Å². The van der Waals surface area contributed by atoms with Crippen LogP contribution in [0, 0.1) is 40.4 Å². The Morgan fingerprint density at radius 1 is 0.895 bits per heavy atom. The lowest BCUT2D eigenvalue weighted by Crippen LogP contribution is -2.71. The minimum atomic E-state index is 0.214. The lowest BCUT2D eigenvalue weighted by Gasteiger charge is -2.64. The molecule has 3 saturated carbocycles. The molecule has 11 aliphatic rings. The Bertz CT molecular complexity index is 2080. The Balaban J connectivity index is 1.09. The third-order valence-corrected chi connectivity index (χ3v) is 22.3. The highest BCUT2D eigenvalue weighted by Gasteiger charge is 2.71. The number of fused-ring (bicyclic) bond motifs is 10. The van der Waals surface area contributed by atoms with E-state index in [2.05, 4.69) is 111 Å². The van der Waals surface area contributed by atoms with Gasteiger partial charge in [0.1, 0.15) is 0 Å². The molecule has 1 aromatic heterocycles. The number of nitrogens with zero attached hydrogens (tertiary/aromatic N) is 2. The van der Waals surface area contributed by atoms with Crippen molar-refractivity contribution in [2.24, 2.45) is 40.4 Å². The standard InChI is InChI=1S/C52H71BN2S2/c1-31-26-41-45-42(27-31)55-47-38(52(51(55,5)6)24-13-8-14-25-52)28-33(32-16-9-7-10-17-32)29-39(47)53(45)49-46(37-30-34(50(2,3)4)22-23-44(37)57-49)54(41)40-20-15-19-36-35-18-11-12-21-43(35)56-48(36)40/h11,18-19,22-23,29,31-32,34,37-38,41-42,44-46,49H,7-10,12-17,20-21,24-28,30H2,1-6H3. The zero-order chi connectivity index (χ0) is 38.6. The van der Waals surface area contributed by atoms with Crippen molar-refractivity contribution in [2.45, 2.75) is 197 Å². The molecule has 1 aromatic rings. The van der Waals surface area contributed by atoms with Gasteiger partial charge in [-0.15, -0.1) is 11.3 Å². The Labute approximate surface area is 354 Å². The smallest absolute Gasteiger partial charge is 0.201 e. The summed E-state index contributed by atoms with van der Waals surface area (Å²) in [7, 11) is 0. The average molecular weight is 799 g/mol. The van der Waals surface area contributed by atoms with E-state index >= 15 is 0 Å². The highest BCUT2D eigenvalue weighted by atomic mass is 32.2.